The van der Waals surface area contributed by atoms with Crippen LogP contribution in [-0.4, -0.2) is 37.4 Å². The molecule has 0 aliphatic heterocycles. The number of hydrogen-bond acceptors (Lipinski definition) is 5. The van der Waals surface area contributed by atoms with Crippen LogP contribution in [0.5, 0.6) is 11.5 Å². The maximum absolute atomic E-state index is 13.0. The Morgan fingerprint density at radius 1 is 0.925 bits per heavy atom. The number of aryl methyl sites for hydroxylation is 3. The predicted octanol–water partition coefficient (Wildman–Crippen LogP) is 5.81. The molecule has 8 nitrogen and oxygen atoms in total. The van der Waals surface area contributed by atoms with E-state index in [0.29, 0.717) is 17.2 Å². The van der Waals surface area contributed by atoms with Crippen LogP contribution in [0.3, 0.4) is 0 Å². The smallest absolute Gasteiger partial charge is 0.263 e. The molecular weight excluding hydrogens is 524 g/mol. The first-order valence-electron chi connectivity index (χ1n) is 12.9. The number of hydrogen-bond donors (Lipinski definition) is 1. The molecule has 3 aromatic carbocycles. The second-order valence-corrected chi connectivity index (χ2v) is 11.7. The monoisotopic (exact) mass is 558 g/mol. The standard InChI is InChI=1S/C31H34N4O4S/c1-21-12-13-28(18-22(21)2)34-23(3)19-26(24(34)4)20-32-33-31(36)25(5)35(40(6,37)38)27-14-16-30(17-15-27)39-29-10-8-7-9-11-29/h7-20,25H,1-6H3,(H,33,36)/b32-20-/t25-/m0/s1. The molecule has 0 saturated heterocycles. The third kappa shape index (κ3) is 6.43. The molecule has 208 valence electrons. The van der Waals surface area contributed by atoms with Crippen molar-refractivity contribution < 1.29 is 17.9 Å². The van der Waals surface area contributed by atoms with E-state index in [0.717, 1.165) is 33.2 Å². The Kier molecular flexibility index (Phi) is 8.44. The minimum absolute atomic E-state index is 0.339. The summed E-state index contributed by atoms with van der Waals surface area (Å²) in [5, 5.41) is 4.14. The number of nitrogens with zero attached hydrogens (tertiary/aromatic N) is 3. The first kappa shape index (κ1) is 28.6. The number of hydrazone groups is 1. The number of rotatable bonds is 9. The number of ether oxygens (including phenoxy) is 1. The Hall–Kier alpha value is -4.37. The zero-order chi connectivity index (χ0) is 29.0. The minimum Gasteiger partial charge on any atom is -0.457 e. The van der Waals surface area contributed by atoms with Gasteiger partial charge in [-0.1, -0.05) is 24.3 Å². The molecule has 1 heterocycles. The van der Waals surface area contributed by atoms with Gasteiger partial charge in [-0.15, -0.1) is 0 Å². The Balaban J connectivity index is 1.48. The first-order valence-corrected chi connectivity index (χ1v) is 14.7. The first-order chi connectivity index (χ1) is 19.0. The Labute approximate surface area is 236 Å². The molecule has 0 aliphatic rings. The summed E-state index contributed by atoms with van der Waals surface area (Å²) in [6.07, 6.45) is 2.64. The molecule has 4 aromatic rings. The van der Waals surface area contributed by atoms with E-state index in [4.69, 9.17) is 4.74 Å². The molecular formula is C31H34N4O4S. The van der Waals surface area contributed by atoms with Gasteiger partial charge in [0.1, 0.15) is 17.5 Å². The van der Waals surface area contributed by atoms with Gasteiger partial charge in [0, 0.05) is 22.6 Å². The van der Waals surface area contributed by atoms with Crippen LogP contribution in [0.15, 0.2) is 84.0 Å². The molecule has 0 radical (unpaired) electrons. The highest BCUT2D eigenvalue weighted by atomic mass is 32.2. The van der Waals surface area contributed by atoms with Gasteiger partial charge in [0.05, 0.1) is 18.2 Å². The van der Waals surface area contributed by atoms with Crippen molar-refractivity contribution >= 4 is 27.8 Å². The summed E-state index contributed by atoms with van der Waals surface area (Å²) in [4.78, 5) is 13.0. The van der Waals surface area contributed by atoms with Crippen LogP contribution in [0.1, 0.15) is 35.0 Å². The van der Waals surface area contributed by atoms with Gasteiger partial charge in [0.15, 0.2) is 0 Å². The summed E-state index contributed by atoms with van der Waals surface area (Å²) >= 11 is 0. The van der Waals surface area contributed by atoms with Gasteiger partial charge >= 0.3 is 0 Å². The maximum Gasteiger partial charge on any atom is 0.263 e. The summed E-state index contributed by atoms with van der Waals surface area (Å²) in [6, 6.07) is 23.0. The molecule has 1 amide bonds. The van der Waals surface area contributed by atoms with Gasteiger partial charge in [-0.3, -0.25) is 9.10 Å². The lowest BCUT2D eigenvalue weighted by Gasteiger charge is -2.27. The fraction of sp³-hybridized carbons (Fsp3) is 0.226. The number of carbonyl (C=O) groups is 1. The van der Waals surface area contributed by atoms with Crippen molar-refractivity contribution in [3.05, 3.63) is 107 Å². The predicted molar refractivity (Wildman–Crippen MR) is 160 cm³/mol. The normalized spacial score (nSPS) is 12.3. The van der Waals surface area contributed by atoms with Gasteiger partial charge in [-0.2, -0.15) is 5.10 Å². The zero-order valence-corrected chi connectivity index (χ0v) is 24.4. The lowest BCUT2D eigenvalue weighted by Crippen LogP contribution is -2.46. The SMILES string of the molecule is Cc1ccc(-n2c(C)cc(/C=N\NC(=O)[C@H](C)N(c3ccc(Oc4ccccc4)cc3)S(C)(=O)=O)c2C)cc1C. The van der Waals surface area contributed by atoms with Gasteiger partial charge in [-0.05, 0) is 100 Å². The highest BCUT2D eigenvalue weighted by molar-refractivity contribution is 7.92. The molecule has 1 N–H and O–H groups in total. The maximum atomic E-state index is 13.0. The topological polar surface area (TPSA) is 93.0 Å². The van der Waals surface area contributed by atoms with Crippen molar-refractivity contribution in [1.29, 1.82) is 0 Å². The summed E-state index contributed by atoms with van der Waals surface area (Å²) in [5.74, 6) is 0.647. The molecule has 0 fully saturated rings. The number of anilines is 1. The van der Waals surface area contributed by atoms with E-state index in [1.54, 1.807) is 30.5 Å². The number of benzene rings is 3. The van der Waals surface area contributed by atoms with E-state index in [1.165, 1.54) is 18.1 Å². The number of sulfonamides is 1. The van der Waals surface area contributed by atoms with E-state index in [-0.39, 0.29) is 0 Å². The highest BCUT2D eigenvalue weighted by Crippen LogP contribution is 2.27. The van der Waals surface area contributed by atoms with Gasteiger partial charge < -0.3 is 9.30 Å². The fourth-order valence-electron chi connectivity index (χ4n) is 4.53. The van der Waals surface area contributed by atoms with E-state index in [2.05, 4.69) is 47.1 Å². The van der Waals surface area contributed by atoms with Crippen molar-refractivity contribution in [1.82, 2.24) is 9.99 Å². The van der Waals surface area contributed by atoms with Gasteiger partial charge in [-0.25, -0.2) is 13.8 Å². The van der Waals surface area contributed by atoms with Crippen molar-refractivity contribution in [3.63, 3.8) is 0 Å². The average Bonchev–Trinajstić information content (AvgIpc) is 3.19. The molecule has 0 bridgehead atoms. The van der Waals surface area contributed by atoms with Crippen molar-refractivity contribution in [2.45, 2.75) is 40.7 Å². The molecule has 1 atom stereocenters. The van der Waals surface area contributed by atoms with E-state index in [9.17, 15) is 13.2 Å². The second-order valence-electron chi connectivity index (χ2n) is 9.81. The third-order valence-electron chi connectivity index (χ3n) is 6.76. The number of carbonyl (C=O) groups excluding carboxylic acids is 1. The van der Waals surface area contributed by atoms with Crippen LogP contribution in [0, 0.1) is 27.7 Å². The largest absolute Gasteiger partial charge is 0.457 e. The van der Waals surface area contributed by atoms with E-state index >= 15 is 0 Å². The number of para-hydroxylation sites is 1. The molecule has 0 saturated carbocycles. The number of aromatic nitrogens is 1. The van der Waals surface area contributed by atoms with Crippen LogP contribution < -0.4 is 14.5 Å². The van der Waals surface area contributed by atoms with Gasteiger partial charge in [0.25, 0.3) is 5.91 Å². The van der Waals surface area contributed by atoms with Crippen LogP contribution in [0.4, 0.5) is 5.69 Å². The van der Waals surface area contributed by atoms with Crippen LogP contribution in [-0.2, 0) is 14.8 Å². The zero-order valence-electron chi connectivity index (χ0n) is 23.5. The second kappa shape index (κ2) is 11.8. The summed E-state index contributed by atoms with van der Waals surface area (Å²) in [6.45, 7) is 9.69. The fourth-order valence-corrected chi connectivity index (χ4v) is 5.71. The third-order valence-corrected chi connectivity index (χ3v) is 8.00. The minimum atomic E-state index is -3.78. The summed E-state index contributed by atoms with van der Waals surface area (Å²) < 4.78 is 34.4. The average molecular weight is 559 g/mol. The highest BCUT2D eigenvalue weighted by Gasteiger charge is 2.29. The number of nitrogens with one attached hydrogen (secondary N) is 1. The Bertz CT molecular complexity index is 1640. The van der Waals surface area contributed by atoms with Gasteiger partial charge in [0.2, 0.25) is 10.0 Å². The molecule has 40 heavy (non-hydrogen) atoms. The lowest BCUT2D eigenvalue weighted by atomic mass is 10.1. The van der Waals surface area contributed by atoms with Crippen molar-refractivity contribution in [2.24, 2.45) is 5.10 Å². The van der Waals surface area contributed by atoms with E-state index < -0.39 is 22.0 Å². The Morgan fingerprint density at radius 3 is 2.20 bits per heavy atom. The molecule has 0 unspecified atom stereocenters. The van der Waals surface area contributed by atoms with E-state index in [1.807, 2.05) is 50.2 Å². The van der Waals surface area contributed by atoms with Crippen LogP contribution in [0.25, 0.3) is 5.69 Å². The van der Waals surface area contributed by atoms with Crippen molar-refractivity contribution in [3.8, 4) is 17.2 Å². The van der Waals surface area contributed by atoms with Crippen LogP contribution >= 0.6 is 0 Å². The molecule has 4 rings (SSSR count). The molecule has 0 spiro atoms. The summed E-state index contributed by atoms with van der Waals surface area (Å²) in [5.41, 5.74) is 9.18. The molecule has 9 heteroatoms. The van der Waals surface area contributed by atoms with Crippen molar-refractivity contribution in [2.75, 3.05) is 10.6 Å². The van der Waals surface area contributed by atoms with Crippen LogP contribution in [0.2, 0.25) is 0 Å². The summed E-state index contributed by atoms with van der Waals surface area (Å²) in [7, 11) is -3.78. The molecule has 1 aromatic heterocycles. The molecule has 0 aliphatic carbocycles. The quantitative estimate of drug-likeness (QED) is 0.207. The number of amides is 1. The lowest BCUT2D eigenvalue weighted by molar-refractivity contribution is -0.121. The Morgan fingerprint density at radius 2 is 1.57 bits per heavy atom.